The molecule has 0 bridgehead atoms. The Bertz CT molecular complexity index is 76.2. The summed E-state index contributed by atoms with van der Waals surface area (Å²) in [5.74, 6) is 0. The summed E-state index contributed by atoms with van der Waals surface area (Å²) in [6.07, 6.45) is 5.59. The molecule has 1 heterocycles. The van der Waals surface area contributed by atoms with Crippen LogP contribution in [0.15, 0.2) is 12.3 Å². The highest BCUT2D eigenvalue weighted by Crippen LogP contribution is 2.00. The number of hydrogen-bond donors (Lipinski definition) is 0. The van der Waals surface area contributed by atoms with Crippen LogP contribution in [0.3, 0.4) is 0 Å². The van der Waals surface area contributed by atoms with E-state index < -0.39 is 0 Å². The molecule has 0 aromatic carbocycles. The van der Waals surface area contributed by atoms with Crippen molar-refractivity contribution in [3.63, 3.8) is 0 Å². The minimum Gasteiger partial charge on any atom is -0.374 e. The number of nitrogens with zero attached hydrogens (tertiary/aromatic N) is 1. The van der Waals surface area contributed by atoms with Crippen molar-refractivity contribution in [1.82, 2.24) is 4.90 Å². The maximum atomic E-state index is 2.31. The molecule has 0 aliphatic carbocycles. The first-order valence-electron chi connectivity index (χ1n) is 2.84. The van der Waals surface area contributed by atoms with E-state index in [1.807, 2.05) is 0 Å². The second-order valence-electron chi connectivity index (χ2n) is 1.88. The van der Waals surface area contributed by atoms with Gasteiger partial charge in [0.1, 0.15) is 0 Å². The Morgan fingerprint density at radius 1 is 1.71 bits per heavy atom. The van der Waals surface area contributed by atoms with E-state index in [0.29, 0.717) is 0 Å². The van der Waals surface area contributed by atoms with E-state index in [2.05, 4.69) is 24.1 Å². The molecule has 1 heteroatoms. The van der Waals surface area contributed by atoms with Crippen molar-refractivity contribution >= 4 is 0 Å². The summed E-state index contributed by atoms with van der Waals surface area (Å²) in [6.45, 7) is 4.61. The van der Waals surface area contributed by atoms with Crippen molar-refractivity contribution < 1.29 is 0 Å². The summed E-state index contributed by atoms with van der Waals surface area (Å²) in [5, 5.41) is 0. The van der Waals surface area contributed by atoms with Crippen LogP contribution in [-0.2, 0) is 0 Å². The zero-order valence-corrected chi connectivity index (χ0v) is 4.72. The maximum absolute atomic E-state index is 2.31. The molecule has 0 unspecified atom stereocenters. The highest BCUT2D eigenvalue weighted by Gasteiger charge is 1.99. The van der Waals surface area contributed by atoms with E-state index in [1.165, 1.54) is 19.5 Å². The monoisotopic (exact) mass is 97.1 g/mol. The quantitative estimate of drug-likeness (QED) is 0.501. The second-order valence-corrected chi connectivity index (χ2v) is 1.88. The number of hydrogen-bond acceptors (Lipinski definition) is 1. The third kappa shape index (κ3) is 0.952. The molecule has 0 N–H and O–H groups in total. The van der Waals surface area contributed by atoms with E-state index in [4.69, 9.17) is 0 Å². The average molecular weight is 97.2 g/mol. The summed E-state index contributed by atoms with van der Waals surface area (Å²) >= 11 is 0. The SMILES string of the molecule is CCCN1C=CC1. The Morgan fingerprint density at radius 2 is 2.43 bits per heavy atom. The molecule has 0 spiro atoms. The van der Waals surface area contributed by atoms with Gasteiger partial charge in [0, 0.05) is 13.1 Å². The Hall–Kier alpha value is -0.460. The van der Waals surface area contributed by atoms with E-state index in [0.717, 1.165) is 0 Å². The maximum Gasteiger partial charge on any atom is 0.0370 e. The molecule has 0 saturated carbocycles. The van der Waals surface area contributed by atoms with Gasteiger partial charge in [-0.25, -0.2) is 0 Å². The summed E-state index contributed by atoms with van der Waals surface area (Å²) in [7, 11) is 0. The molecule has 0 radical (unpaired) electrons. The van der Waals surface area contributed by atoms with Crippen molar-refractivity contribution in [2.45, 2.75) is 13.3 Å². The fraction of sp³-hybridized carbons (Fsp3) is 0.667. The molecular weight excluding hydrogens is 86.1 g/mol. The molecular formula is C6H11N. The van der Waals surface area contributed by atoms with Crippen molar-refractivity contribution in [1.29, 1.82) is 0 Å². The van der Waals surface area contributed by atoms with Crippen LogP contribution in [0.4, 0.5) is 0 Å². The van der Waals surface area contributed by atoms with Crippen molar-refractivity contribution in [3.05, 3.63) is 12.3 Å². The van der Waals surface area contributed by atoms with Crippen LogP contribution in [0.5, 0.6) is 0 Å². The lowest BCUT2D eigenvalue weighted by Gasteiger charge is -2.23. The zero-order valence-electron chi connectivity index (χ0n) is 4.72. The second kappa shape index (κ2) is 2.01. The van der Waals surface area contributed by atoms with Crippen LogP contribution in [0.1, 0.15) is 13.3 Å². The third-order valence-corrected chi connectivity index (χ3v) is 1.17. The molecule has 40 valence electrons. The van der Waals surface area contributed by atoms with E-state index in [-0.39, 0.29) is 0 Å². The van der Waals surface area contributed by atoms with Gasteiger partial charge >= 0.3 is 0 Å². The fourth-order valence-electron chi connectivity index (χ4n) is 0.708. The van der Waals surface area contributed by atoms with Gasteiger partial charge in [0.15, 0.2) is 0 Å². The number of rotatable bonds is 2. The normalized spacial score (nSPS) is 17.0. The smallest absolute Gasteiger partial charge is 0.0370 e. The minimum atomic E-state index is 1.17. The first kappa shape index (κ1) is 4.69. The van der Waals surface area contributed by atoms with E-state index in [9.17, 15) is 0 Å². The van der Waals surface area contributed by atoms with Gasteiger partial charge in [-0.3, -0.25) is 0 Å². The van der Waals surface area contributed by atoms with Gasteiger partial charge in [-0.05, 0) is 18.7 Å². The summed E-state index contributed by atoms with van der Waals surface area (Å²) in [4.78, 5) is 2.31. The highest BCUT2D eigenvalue weighted by molar-refractivity contribution is 4.96. The average Bonchev–Trinajstić information content (AvgIpc) is 1.55. The molecule has 7 heavy (non-hydrogen) atoms. The van der Waals surface area contributed by atoms with Gasteiger partial charge in [-0.15, -0.1) is 0 Å². The summed E-state index contributed by atoms with van der Waals surface area (Å²) in [6, 6.07) is 0. The lowest BCUT2D eigenvalue weighted by atomic mass is 10.3. The molecule has 1 rings (SSSR count). The minimum absolute atomic E-state index is 1.17. The first-order valence-corrected chi connectivity index (χ1v) is 2.84. The van der Waals surface area contributed by atoms with Crippen LogP contribution < -0.4 is 0 Å². The summed E-state index contributed by atoms with van der Waals surface area (Å²) < 4.78 is 0. The van der Waals surface area contributed by atoms with Crippen LogP contribution in [0.2, 0.25) is 0 Å². The van der Waals surface area contributed by atoms with Gasteiger partial charge in [0.05, 0.1) is 0 Å². The van der Waals surface area contributed by atoms with Crippen molar-refractivity contribution in [2.24, 2.45) is 0 Å². The molecule has 0 atom stereocenters. The fourth-order valence-corrected chi connectivity index (χ4v) is 0.708. The van der Waals surface area contributed by atoms with Gasteiger partial charge in [0.2, 0.25) is 0 Å². The first-order chi connectivity index (χ1) is 3.43. The standard InChI is InChI=1S/C6H11N/c1-2-4-7-5-3-6-7/h3,5H,2,4,6H2,1H3. The zero-order chi connectivity index (χ0) is 5.11. The predicted molar refractivity (Wildman–Crippen MR) is 31.0 cm³/mol. The van der Waals surface area contributed by atoms with Crippen LogP contribution in [0.25, 0.3) is 0 Å². The van der Waals surface area contributed by atoms with E-state index >= 15 is 0 Å². The lowest BCUT2D eigenvalue weighted by molar-refractivity contribution is 0.375. The van der Waals surface area contributed by atoms with Gasteiger partial charge < -0.3 is 4.90 Å². The Balaban J connectivity index is 2.06. The van der Waals surface area contributed by atoms with Crippen LogP contribution in [-0.4, -0.2) is 18.0 Å². The van der Waals surface area contributed by atoms with E-state index in [1.54, 1.807) is 0 Å². The van der Waals surface area contributed by atoms with Crippen molar-refractivity contribution in [2.75, 3.05) is 13.1 Å². The van der Waals surface area contributed by atoms with Crippen LogP contribution >= 0.6 is 0 Å². The topological polar surface area (TPSA) is 3.24 Å². The predicted octanol–water partition coefficient (Wildman–Crippen LogP) is 1.23. The molecule has 0 aromatic heterocycles. The largest absolute Gasteiger partial charge is 0.374 e. The molecule has 1 nitrogen and oxygen atoms in total. The Morgan fingerprint density at radius 3 is 2.57 bits per heavy atom. The molecule has 0 aromatic rings. The van der Waals surface area contributed by atoms with Gasteiger partial charge in [-0.1, -0.05) is 6.92 Å². The molecule has 1 aliphatic heterocycles. The van der Waals surface area contributed by atoms with Crippen LogP contribution in [0, 0.1) is 0 Å². The van der Waals surface area contributed by atoms with Gasteiger partial charge in [0.25, 0.3) is 0 Å². The summed E-state index contributed by atoms with van der Waals surface area (Å²) in [5.41, 5.74) is 0. The molecule has 0 saturated heterocycles. The lowest BCUT2D eigenvalue weighted by Crippen LogP contribution is -2.24. The van der Waals surface area contributed by atoms with Gasteiger partial charge in [-0.2, -0.15) is 0 Å². The third-order valence-electron chi connectivity index (χ3n) is 1.17. The Labute approximate surface area is 44.6 Å². The molecule has 0 fully saturated rings. The highest BCUT2D eigenvalue weighted by atomic mass is 15.1. The molecule has 0 amide bonds. The Kier molecular flexibility index (Phi) is 1.35. The van der Waals surface area contributed by atoms with Crippen molar-refractivity contribution in [3.8, 4) is 0 Å². The molecule has 1 aliphatic rings.